The summed E-state index contributed by atoms with van der Waals surface area (Å²) in [5.74, 6) is -2.17. The Morgan fingerprint density at radius 2 is 1.75 bits per heavy atom. The van der Waals surface area contributed by atoms with Gasteiger partial charge in [-0.25, -0.2) is 4.79 Å². The van der Waals surface area contributed by atoms with Gasteiger partial charge in [-0.3, -0.25) is 4.79 Å². The molecule has 0 unspecified atom stereocenters. The second-order valence-electron chi connectivity index (χ2n) is 7.50. The van der Waals surface area contributed by atoms with Gasteiger partial charge in [-0.2, -0.15) is 13.2 Å². The average Bonchev–Trinajstić information content (AvgIpc) is 3.12. The second-order valence-corrected chi connectivity index (χ2v) is 8.55. The van der Waals surface area contributed by atoms with Gasteiger partial charge < -0.3 is 15.1 Å². The van der Waals surface area contributed by atoms with Crippen molar-refractivity contribution in [2.75, 3.05) is 4.90 Å². The second kappa shape index (κ2) is 8.66. The Bertz CT molecular complexity index is 1180. The maximum atomic E-state index is 13.3. The zero-order valence-electron chi connectivity index (χ0n) is 17.4. The van der Waals surface area contributed by atoms with E-state index in [1.54, 1.807) is 26.8 Å². The number of phenolic OH excluding ortho intramolecular Hbond substituents is 1. The summed E-state index contributed by atoms with van der Waals surface area (Å²) in [7, 11) is 0. The summed E-state index contributed by atoms with van der Waals surface area (Å²) in [6.45, 7) is 5.10. The van der Waals surface area contributed by atoms with Crippen molar-refractivity contribution in [3.63, 3.8) is 0 Å². The summed E-state index contributed by atoms with van der Waals surface area (Å²) in [5, 5.41) is 20.0. The number of amides is 1. The molecule has 3 aromatic rings. The summed E-state index contributed by atoms with van der Waals surface area (Å²) >= 11 is 0.782. The first kappa shape index (κ1) is 23.3. The monoisotopic (exact) mass is 463 g/mol. The number of carboxylic acid groups (broad SMARTS) is 1. The number of carboxylic acids is 1. The van der Waals surface area contributed by atoms with Gasteiger partial charge in [-0.1, -0.05) is 18.2 Å². The van der Waals surface area contributed by atoms with Crippen LogP contribution >= 0.6 is 11.3 Å². The average molecular weight is 463 g/mol. The lowest BCUT2D eigenvalue weighted by Gasteiger charge is -2.27. The summed E-state index contributed by atoms with van der Waals surface area (Å²) in [4.78, 5) is 26.5. The number of aromatic hydroxyl groups is 1. The number of rotatable bonds is 5. The Hall–Kier alpha value is -3.33. The van der Waals surface area contributed by atoms with Gasteiger partial charge in [0.15, 0.2) is 0 Å². The number of nitrogens with zero attached hydrogens (tertiary/aromatic N) is 1. The smallest absolute Gasteiger partial charge is 0.416 e. The first-order valence-electron chi connectivity index (χ1n) is 9.58. The van der Waals surface area contributed by atoms with Gasteiger partial charge in [0.05, 0.1) is 16.8 Å². The van der Waals surface area contributed by atoms with Crippen LogP contribution < -0.4 is 4.90 Å². The van der Waals surface area contributed by atoms with Crippen molar-refractivity contribution in [3.05, 3.63) is 70.1 Å². The Kier molecular flexibility index (Phi) is 6.32. The molecule has 9 heteroatoms. The predicted octanol–water partition coefficient (Wildman–Crippen LogP) is 6.20. The summed E-state index contributed by atoms with van der Waals surface area (Å²) in [6.07, 6.45) is -4.55. The third-order valence-corrected chi connectivity index (χ3v) is 5.92. The number of carbonyl (C=O) groups is 2. The molecular formula is C23H20F3NO4S. The molecular weight excluding hydrogens is 443 g/mol. The zero-order valence-corrected chi connectivity index (χ0v) is 18.2. The standard InChI is InChI=1S/C23H20F3NO4S/c1-12(2)27(21(29)16-8-7-13(3)9-18(16)28)17-11-19(32-20(17)22(30)31)14-5-4-6-15(10-14)23(24,25)26/h4-12,28H,1-3H3,(H,30,31). The predicted molar refractivity (Wildman–Crippen MR) is 117 cm³/mol. The molecule has 0 bridgehead atoms. The van der Waals surface area contributed by atoms with E-state index in [-0.39, 0.29) is 32.3 Å². The molecule has 0 aliphatic heterocycles. The fourth-order valence-electron chi connectivity index (χ4n) is 3.28. The van der Waals surface area contributed by atoms with Crippen molar-refractivity contribution in [3.8, 4) is 16.2 Å². The summed E-state index contributed by atoms with van der Waals surface area (Å²) in [5.41, 5.74) is 0.113. The van der Waals surface area contributed by atoms with Crippen molar-refractivity contribution >= 4 is 28.9 Å². The number of benzene rings is 2. The molecule has 1 heterocycles. The van der Waals surface area contributed by atoms with Crippen molar-refractivity contribution in [1.82, 2.24) is 0 Å². The third-order valence-electron chi connectivity index (χ3n) is 4.76. The van der Waals surface area contributed by atoms with E-state index >= 15 is 0 Å². The van der Waals surface area contributed by atoms with E-state index in [0.717, 1.165) is 29.0 Å². The topological polar surface area (TPSA) is 77.8 Å². The molecule has 32 heavy (non-hydrogen) atoms. The Morgan fingerprint density at radius 1 is 1.06 bits per heavy atom. The molecule has 3 rings (SSSR count). The molecule has 0 aliphatic rings. The fourth-order valence-corrected chi connectivity index (χ4v) is 4.26. The first-order valence-corrected chi connectivity index (χ1v) is 10.4. The number of phenols is 1. The number of carbonyl (C=O) groups excluding carboxylic acids is 1. The van der Waals surface area contributed by atoms with Crippen molar-refractivity contribution in [2.45, 2.75) is 33.0 Å². The number of aryl methyl sites for hydroxylation is 1. The van der Waals surface area contributed by atoms with Crippen LogP contribution in [0.25, 0.3) is 10.4 Å². The van der Waals surface area contributed by atoms with Gasteiger partial charge in [0, 0.05) is 10.9 Å². The van der Waals surface area contributed by atoms with Crippen LogP contribution in [0.1, 0.15) is 45.0 Å². The highest BCUT2D eigenvalue weighted by Crippen LogP contribution is 2.40. The van der Waals surface area contributed by atoms with Crippen molar-refractivity contribution in [1.29, 1.82) is 0 Å². The molecule has 0 atom stereocenters. The van der Waals surface area contributed by atoms with E-state index in [1.165, 1.54) is 35.2 Å². The van der Waals surface area contributed by atoms with Crippen LogP contribution in [0, 0.1) is 6.92 Å². The maximum Gasteiger partial charge on any atom is 0.416 e. The number of hydrogen-bond acceptors (Lipinski definition) is 4. The van der Waals surface area contributed by atoms with E-state index in [4.69, 9.17) is 0 Å². The molecule has 0 aliphatic carbocycles. The number of alkyl halides is 3. The third kappa shape index (κ3) is 4.62. The molecule has 2 N–H and O–H groups in total. The summed E-state index contributed by atoms with van der Waals surface area (Å²) in [6, 6.07) is 9.98. The number of halogens is 3. The molecule has 5 nitrogen and oxygen atoms in total. The number of thiophene rings is 1. The lowest BCUT2D eigenvalue weighted by Crippen LogP contribution is -2.37. The molecule has 0 fully saturated rings. The zero-order chi connectivity index (χ0) is 23.8. The molecule has 2 aromatic carbocycles. The molecule has 0 spiro atoms. The van der Waals surface area contributed by atoms with E-state index in [1.807, 2.05) is 0 Å². The van der Waals surface area contributed by atoms with E-state index < -0.39 is 29.7 Å². The van der Waals surface area contributed by atoms with Crippen LogP contribution in [0.3, 0.4) is 0 Å². The van der Waals surface area contributed by atoms with E-state index in [9.17, 15) is 33.0 Å². The lowest BCUT2D eigenvalue weighted by molar-refractivity contribution is -0.137. The largest absolute Gasteiger partial charge is 0.507 e. The van der Waals surface area contributed by atoms with Crippen LogP contribution in [-0.4, -0.2) is 28.1 Å². The first-order chi connectivity index (χ1) is 14.9. The van der Waals surface area contributed by atoms with Crippen molar-refractivity contribution in [2.24, 2.45) is 0 Å². The van der Waals surface area contributed by atoms with Gasteiger partial charge in [0.2, 0.25) is 0 Å². The highest BCUT2D eigenvalue weighted by atomic mass is 32.1. The fraction of sp³-hybridized carbons (Fsp3) is 0.217. The van der Waals surface area contributed by atoms with Gasteiger partial charge in [-0.15, -0.1) is 11.3 Å². The highest BCUT2D eigenvalue weighted by Gasteiger charge is 2.32. The molecule has 0 saturated heterocycles. The van der Waals surface area contributed by atoms with Crippen LogP contribution in [-0.2, 0) is 6.18 Å². The highest BCUT2D eigenvalue weighted by molar-refractivity contribution is 7.18. The van der Waals surface area contributed by atoms with Gasteiger partial charge in [0.25, 0.3) is 5.91 Å². The van der Waals surface area contributed by atoms with Crippen LogP contribution in [0.15, 0.2) is 48.5 Å². The van der Waals surface area contributed by atoms with E-state index in [0.29, 0.717) is 0 Å². The minimum absolute atomic E-state index is 0.00698. The Labute approximate surface area is 186 Å². The SMILES string of the molecule is Cc1ccc(C(=O)N(c2cc(-c3cccc(C(F)(F)F)c3)sc2C(=O)O)C(C)C)c(O)c1. The Balaban J connectivity index is 2.14. The van der Waals surface area contributed by atoms with Crippen LogP contribution in [0.5, 0.6) is 5.75 Å². The summed E-state index contributed by atoms with van der Waals surface area (Å²) < 4.78 is 39.4. The van der Waals surface area contributed by atoms with E-state index in [2.05, 4.69) is 0 Å². The normalized spacial score (nSPS) is 11.6. The molecule has 0 saturated carbocycles. The van der Waals surface area contributed by atoms with Crippen LogP contribution in [0.2, 0.25) is 0 Å². The Morgan fingerprint density at radius 3 is 2.31 bits per heavy atom. The molecule has 0 radical (unpaired) electrons. The van der Waals surface area contributed by atoms with Gasteiger partial charge >= 0.3 is 12.1 Å². The maximum absolute atomic E-state index is 13.3. The minimum Gasteiger partial charge on any atom is -0.507 e. The number of anilines is 1. The molecule has 1 amide bonds. The van der Waals surface area contributed by atoms with Gasteiger partial charge in [0.1, 0.15) is 10.6 Å². The molecule has 1 aromatic heterocycles. The number of hydrogen-bond donors (Lipinski definition) is 2. The number of aromatic carboxylic acids is 1. The minimum atomic E-state index is -4.55. The van der Waals surface area contributed by atoms with Crippen LogP contribution in [0.4, 0.5) is 18.9 Å². The lowest BCUT2D eigenvalue weighted by atomic mass is 10.1. The molecule has 168 valence electrons. The van der Waals surface area contributed by atoms with Crippen molar-refractivity contribution < 1.29 is 33.0 Å². The quantitative estimate of drug-likeness (QED) is 0.472. The van der Waals surface area contributed by atoms with Gasteiger partial charge in [-0.05, 0) is 62.2 Å².